The molecule has 0 aliphatic carbocycles. The fourth-order valence-corrected chi connectivity index (χ4v) is 4.00. The van der Waals surface area contributed by atoms with Crippen molar-refractivity contribution < 1.29 is 21.6 Å². The van der Waals surface area contributed by atoms with Crippen molar-refractivity contribution in [2.75, 3.05) is 0 Å². The number of hydrogen-bond donors (Lipinski definition) is 1. The fraction of sp³-hybridized carbons (Fsp3) is 0.611. The Morgan fingerprint density at radius 2 is 1.38 bits per heavy atom. The normalized spacial score (nSPS) is 13.8. The lowest BCUT2D eigenvalue weighted by Crippen LogP contribution is -2.27. The molecule has 1 N–H and O–H groups in total. The predicted molar refractivity (Wildman–Crippen MR) is 98.2 cm³/mol. The lowest BCUT2D eigenvalue weighted by molar-refractivity contribution is -0.0594. The number of nitrogens with one attached hydrogen (secondary N) is 1. The fourth-order valence-electron chi connectivity index (χ4n) is 2.44. The maximum absolute atomic E-state index is 12.8. The topological polar surface area (TPSA) is 58.5 Å². The van der Waals surface area contributed by atoms with Crippen LogP contribution in [0.2, 0.25) is 0 Å². The summed E-state index contributed by atoms with van der Waals surface area (Å²) < 4.78 is 63.5. The summed E-state index contributed by atoms with van der Waals surface area (Å²) in [5, 5.41) is 3.06. The monoisotopic (exact) mass is 392 g/mol. The number of rotatable bonds is 6. The molecule has 0 saturated carbocycles. The van der Waals surface area contributed by atoms with Crippen LogP contribution >= 0.6 is 0 Å². The van der Waals surface area contributed by atoms with Crippen LogP contribution in [0.15, 0.2) is 22.1 Å². The molecule has 26 heavy (non-hydrogen) atoms. The average Bonchev–Trinajstić information content (AvgIpc) is 2.49. The van der Waals surface area contributed by atoms with E-state index < -0.39 is 21.9 Å². The van der Waals surface area contributed by atoms with E-state index in [2.05, 4.69) is 5.10 Å². The summed E-state index contributed by atoms with van der Waals surface area (Å²) in [5.74, 6) is -0.0452. The predicted octanol–water partition coefficient (Wildman–Crippen LogP) is 5.27. The molecule has 8 heteroatoms. The van der Waals surface area contributed by atoms with E-state index in [1.165, 1.54) is 0 Å². The van der Waals surface area contributed by atoms with Crippen molar-refractivity contribution in [3.63, 3.8) is 0 Å². The number of halogens is 3. The van der Waals surface area contributed by atoms with E-state index in [1.807, 2.05) is 53.7 Å². The van der Waals surface area contributed by atoms with Crippen molar-refractivity contribution >= 4 is 15.7 Å². The molecule has 0 aromatic heterocycles. The molecule has 0 amide bonds. The summed E-state index contributed by atoms with van der Waals surface area (Å²) >= 11 is 0. The molecular weight excluding hydrogens is 365 g/mol. The molecule has 1 rings (SSSR count). The standard InChI is InChI=1S/C18H27F3N2O2S/c1-10(2)14-8-15(11(3)4)17(16(9-14)12(5)6)26(24,25)23-22-13(7)18(19,20)21/h8-12,23H,1-7H3/b22-13-. The van der Waals surface area contributed by atoms with Gasteiger partial charge in [0.05, 0.1) is 4.90 Å². The molecule has 0 aliphatic heterocycles. The third-order valence-electron chi connectivity index (χ3n) is 4.09. The molecule has 0 saturated heterocycles. The lowest BCUT2D eigenvalue weighted by Gasteiger charge is -2.22. The second-order valence-corrected chi connectivity index (χ2v) is 8.88. The zero-order valence-electron chi connectivity index (χ0n) is 16.2. The Bertz CT molecular complexity index is 751. The van der Waals surface area contributed by atoms with Gasteiger partial charge in [0.25, 0.3) is 10.0 Å². The Labute approximate surface area is 153 Å². The van der Waals surface area contributed by atoms with Crippen molar-refractivity contribution in [2.45, 2.75) is 77.3 Å². The number of benzene rings is 1. The van der Waals surface area contributed by atoms with Crippen molar-refractivity contribution in [3.05, 3.63) is 28.8 Å². The maximum atomic E-state index is 12.8. The summed E-state index contributed by atoms with van der Waals surface area (Å²) in [6, 6.07) is 3.63. The highest BCUT2D eigenvalue weighted by atomic mass is 32.2. The maximum Gasteiger partial charge on any atom is 0.430 e. The summed E-state index contributed by atoms with van der Waals surface area (Å²) in [5.41, 5.74) is 0.892. The van der Waals surface area contributed by atoms with E-state index in [-0.39, 0.29) is 22.6 Å². The molecule has 0 bridgehead atoms. The van der Waals surface area contributed by atoms with Crippen molar-refractivity contribution in [2.24, 2.45) is 5.10 Å². The first-order valence-electron chi connectivity index (χ1n) is 8.49. The molecular formula is C18H27F3N2O2S. The minimum Gasteiger partial charge on any atom is -0.200 e. The van der Waals surface area contributed by atoms with Gasteiger partial charge in [-0.1, -0.05) is 53.7 Å². The number of sulfonamides is 1. The van der Waals surface area contributed by atoms with Gasteiger partial charge in [0.2, 0.25) is 0 Å². The van der Waals surface area contributed by atoms with Gasteiger partial charge in [-0.25, -0.2) is 0 Å². The van der Waals surface area contributed by atoms with E-state index in [0.717, 1.165) is 12.5 Å². The van der Waals surface area contributed by atoms with Gasteiger partial charge in [-0.15, -0.1) is 0 Å². The first-order valence-corrected chi connectivity index (χ1v) is 9.97. The molecule has 0 heterocycles. The van der Waals surface area contributed by atoms with Gasteiger partial charge >= 0.3 is 6.18 Å². The summed E-state index contributed by atoms with van der Waals surface area (Å²) in [6.45, 7) is 12.1. The Morgan fingerprint density at radius 1 is 0.962 bits per heavy atom. The number of alkyl halides is 3. The molecule has 0 fully saturated rings. The quantitative estimate of drug-likeness (QED) is 0.529. The SMILES string of the molecule is C/C(=N/NS(=O)(=O)c1c(C(C)C)cc(C(C)C)cc1C(C)C)C(F)(F)F. The van der Waals surface area contributed by atoms with Crippen molar-refractivity contribution in [1.82, 2.24) is 4.83 Å². The molecule has 1 aromatic carbocycles. The van der Waals surface area contributed by atoms with E-state index in [9.17, 15) is 21.6 Å². The Hall–Kier alpha value is -1.57. The van der Waals surface area contributed by atoms with Crippen LogP contribution in [0.5, 0.6) is 0 Å². The van der Waals surface area contributed by atoms with E-state index in [4.69, 9.17) is 0 Å². The van der Waals surface area contributed by atoms with E-state index >= 15 is 0 Å². The van der Waals surface area contributed by atoms with Gasteiger partial charge in [-0.05, 0) is 41.4 Å². The number of nitrogens with zero attached hydrogens (tertiary/aromatic N) is 1. The van der Waals surface area contributed by atoms with Crippen molar-refractivity contribution in [1.29, 1.82) is 0 Å². The molecule has 1 aromatic rings. The summed E-state index contributed by atoms with van der Waals surface area (Å²) in [7, 11) is -4.25. The van der Waals surface area contributed by atoms with Crippen LogP contribution in [0.1, 0.15) is 82.9 Å². The van der Waals surface area contributed by atoms with Crippen LogP contribution in [0.25, 0.3) is 0 Å². The molecule has 0 spiro atoms. The molecule has 4 nitrogen and oxygen atoms in total. The zero-order valence-corrected chi connectivity index (χ0v) is 17.0. The van der Waals surface area contributed by atoms with Gasteiger partial charge in [0, 0.05) is 0 Å². The Balaban J connectivity index is 3.63. The van der Waals surface area contributed by atoms with E-state index in [0.29, 0.717) is 11.1 Å². The first-order chi connectivity index (χ1) is 11.7. The first kappa shape index (κ1) is 22.5. The third kappa shape index (κ3) is 5.22. The minimum absolute atomic E-state index is 0.0191. The molecule has 0 radical (unpaired) electrons. The number of hydrogen-bond acceptors (Lipinski definition) is 3. The zero-order chi connectivity index (χ0) is 20.4. The Morgan fingerprint density at radius 3 is 1.69 bits per heavy atom. The summed E-state index contributed by atoms with van der Waals surface area (Å²) in [4.78, 5) is 1.78. The second-order valence-electron chi connectivity index (χ2n) is 7.28. The molecule has 148 valence electrons. The molecule has 0 aliphatic rings. The largest absolute Gasteiger partial charge is 0.430 e. The van der Waals surface area contributed by atoms with Crippen LogP contribution in [-0.2, 0) is 10.0 Å². The van der Waals surface area contributed by atoms with Gasteiger partial charge in [-0.3, -0.25) is 0 Å². The van der Waals surface area contributed by atoms with Gasteiger partial charge < -0.3 is 0 Å². The van der Waals surface area contributed by atoms with Crippen molar-refractivity contribution in [3.8, 4) is 0 Å². The second kappa shape index (κ2) is 7.98. The Kier molecular flexibility index (Phi) is 6.90. The minimum atomic E-state index is -4.69. The van der Waals surface area contributed by atoms with E-state index in [1.54, 1.807) is 4.83 Å². The van der Waals surface area contributed by atoms with Crippen LogP contribution in [-0.4, -0.2) is 20.3 Å². The smallest absolute Gasteiger partial charge is 0.200 e. The van der Waals surface area contributed by atoms with Crippen LogP contribution in [0.4, 0.5) is 13.2 Å². The van der Waals surface area contributed by atoms with Gasteiger partial charge in [0.15, 0.2) is 0 Å². The van der Waals surface area contributed by atoms with Crippen LogP contribution in [0, 0.1) is 0 Å². The third-order valence-corrected chi connectivity index (χ3v) is 5.43. The number of hydrazone groups is 1. The molecule has 0 unspecified atom stereocenters. The average molecular weight is 392 g/mol. The van der Waals surface area contributed by atoms with Gasteiger partial charge in [0.1, 0.15) is 5.71 Å². The highest BCUT2D eigenvalue weighted by Gasteiger charge is 2.33. The highest BCUT2D eigenvalue weighted by molar-refractivity contribution is 7.89. The van der Waals surface area contributed by atoms with Crippen LogP contribution < -0.4 is 4.83 Å². The summed E-state index contributed by atoms with van der Waals surface area (Å²) in [6.07, 6.45) is -4.69. The highest BCUT2D eigenvalue weighted by Crippen LogP contribution is 2.35. The van der Waals surface area contributed by atoms with Gasteiger partial charge in [-0.2, -0.15) is 31.5 Å². The molecule has 0 atom stereocenters. The van der Waals surface area contributed by atoms with Crippen LogP contribution in [0.3, 0.4) is 0 Å². The lowest BCUT2D eigenvalue weighted by atomic mass is 9.89.